The van der Waals surface area contributed by atoms with Gasteiger partial charge in [0.25, 0.3) is 0 Å². The number of rotatable bonds is 9. The molecule has 1 N–H and O–H groups in total. The lowest BCUT2D eigenvalue weighted by Crippen LogP contribution is -1.98. The summed E-state index contributed by atoms with van der Waals surface area (Å²) in [5.74, 6) is 0. The average Bonchev–Trinajstić information content (AvgIpc) is 2.10. The van der Waals surface area contributed by atoms with Crippen LogP contribution in [0.5, 0.6) is 0 Å². The molecular weight excluding hydrogens is 152 g/mol. The normalized spacial score (nSPS) is 10.5. The van der Waals surface area contributed by atoms with Gasteiger partial charge in [0.2, 0.25) is 0 Å². The summed E-state index contributed by atoms with van der Waals surface area (Å²) in [7, 11) is 0. The van der Waals surface area contributed by atoms with Gasteiger partial charge in [-0.25, -0.2) is 0 Å². The Morgan fingerprint density at radius 1 is 0.917 bits per heavy atom. The topological polar surface area (TPSA) is 29.5 Å². The molecule has 0 amide bonds. The molecule has 2 heteroatoms. The van der Waals surface area contributed by atoms with Gasteiger partial charge in [0, 0.05) is 19.8 Å². The molecule has 0 unspecified atom stereocenters. The summed E-state index contributed by atoms with van der Waals surface area (Å²) in [6, 6.07) is 0. The van der Waals surface area contributed by atoms with E-state index >= 15 is 0 Å². The van der Waals surface area contributed by atoms with Crippen LogP contribution in [0.25, 0.3) is 0 Å². The van der Waals surface area contributed by atoms with Crippen LogP contribution in [-0.4, -0.2) is 24.9 Å². The number of aliphatic hydroxyl groups excluding tert-OH is 1. The van der Waals surface area contributed by atoms with Gasteiger partial charge in [-0.05, 0) is 19.3 Å². The van der Waals surface area contributed by atoms with Crippen LogP contribution < -0.4 is 0 Å². The van der Waals surface area contributed by atoms with Gasteiger partial charge in [0.15, 0.2) is 0 Å². The quantitative estimate of drug-likeness (QED) is 0.544. The predicted molar refractivity (Wildman–Crippen MR) is 51.3 cm³/mol. The molecule has 0 radical (unpaired) electrons. The van der Waals surface area contributed by atoms with E-state index in [2.05, 4.69) is 6.92 Å². The van der Waals surface area contributed by atoms with E-state index in [1.165, 1.54) is 25.7 Å². The third kappa shape index (κ3) is 9.92. The van der Waals surface area contributed by atoms with Crippen molar-refractivity contribution in [1.29, 1.82) is 0 Å². The van der Waals surface area contributed by atoms with E-state index in [9.17, 15) is 0 Å². The summed E-state index contributed by atoms with van der Waals surface area (Å²) < 4.78 is 5.37. The van der Waals surface area contributed by atoms with Crippen LogP contribution in [0.15, 0.2) is 0 Å². The molecule has 0 rings (SSSR count). The summed E-state index contributed by atoms with van der Waals surface area (Å²) in [5, 5.41) is 8.48. The van der Waals surface area contributed by atoms with Gasteiger partial charge in [-0.2, -0.15) is 0 Å². The van der Waals surface area contributed by atoms with Crippen molar-refractivity contribution in [3.8, 4) is 0 Å². The maximum absolute atomic E-state index is 8.48. The number of hydrogen-bond acceptors (Lipinski definition) is 2. The fourth-order valence-electron chi connectivity index (χ4n) is 1.05. The molecule has 0 aromatic rings. The molecule has 74 valence electrons. The highest BCUT2D eigenvalue weighted by atomic mass is 16.5. The summed E-state index contributed by atoms with van der Waals surface area (Å²) in [4.78, 5) is 0. The van der Waals surface area contributed by atoms with Crippen LogP contribution in [0.2, 0.25) is 0 Å². The maximum atomic E-state index is 8.48. The zero-order valence-electron chi connectivity index (χ0n) is 8.22. The Kier molecular flexibility index (Phi) is 10.8. The molecule has 0 saturated heterocycles. The predicted octanol–water partition coefficient (Wildman–Crippen LogP) is 2.36. The SMILES string of the molecule is CCCCCCOCCCCO. The van der Waals surface area contributed by atoms with Gasteiger partial charge in [0.1, 0.15) is 0 Å². The molecule has 0 saturated carbocycles. The van der Waals surface area contributed by atoms with Gasteiger partial charge in [-0.15, -0.1) is 0 Å². The van der Waals surface area contributed by atoms with Crippen molar-refractivity contribution < 1.29 is 9.84 Å². The second-order valence-electron chi connectivity index (χ2n) is 3.10. The second-order valence-corrected chi connectivity index (χ2v) is 3.10. The number of unbranched alkanes of at least 4 members (excludes halogenated alkanes) is 4. The molecule has 0 aliphatic heterocycles. The Balaban J connectivity index is 2.73. The molecule has 0 fully saturated rings. The number of aliphatic hydroxyl groups is 1. The highest BCUT2D eigenvalue weighted by molar-refractivity contribution is 4.40. The third-order valence-electron chi connectivity index (χ3n) is 1.84. The molecule has 0 bridgehead atoms. The van der Waals surface area contributed by atoms with Crippen LogP contribution in [0.4, 0.5) is 0 Å². The maximum Gasteiger partial charge on any atom is 0.0466 e. The van der Waals surface area contributed by atoms with Gasteiger partial charge >= 0.3 is 0 Å². The van der Waals surface area contributed by atoms with Crippen molar-refractivity contribution in [2.24, 2.45) is 0 Å². The molecule has 0 aliphatic rings. The molecule has 0 spiro atoms. The van der Waals surface area contributed by atoms with Crippen LogP contribution in [-0.2, 0) is 4.74 Å². The Bertz CT molecular complexity index is 64.2. The summed E-state index contributed by atoms with van der Waals surface area (Å²) in [5.41, 5.74) is 0. The highest BCUT2D eigenvalue weighted by Crippen LogP contribution is 1.99. The van der Waals surface area contributed by atoms with Crippen LogP contribution in [0.1, 0.15) is 45.4 Å². The average molecular weight is 174 g/mol. The Morgan fingerprint density at radius 3 is 2.17 bits per heavy atom. The smallest absolute Gasteiger partial charge is 0.0466 e. The van der Waals surface area contributed by atoms with Gasteiger partial charge in [0.05, 0.1) is 0 Å². The highest BCUT2D eigenvalue weighted by Gasteiger charge is 1.89. The monoisotopic (exact) mass is 174 g/mol. The summed E-state index contributed by atoms with van der Waals surface area (Å²) in [6.07, 6.45) is 6.94. The van der Waals surface area contributed by atoms with Crippen molar-refractivity contribution in [3.63, 3.8) is 0 Å². The van der Waals surface area contributed by atoms with E-state index in [0.29, 0.717) is 6.61 Å². The molecule has 12 heavy (non-hydrogen) atoms. The Morgan fingerprint density at radius 2 is 1.58 bits per heavy atom. The molecule has 0 aromatic heterocycles. The van der Waals surface area contributed by atoms with E-state index in [4.69, 9.17) is 9.84 Å². The van der Waals surface area contributed by atoms with Crippen molar-refractivity contribution in [3.05, 3.63) is 0 Å². The van der Waals surface area contributed by atoms with E-state index in [-0.39, 0.29) is 0 Å². The first-order valence-electron chi connectivity index (χ1n) is 5.10. The minimum Gasteiger partial charge on any atom is -0.396 e. The molecule has 0 aliphatic carbocycles. The zero-order chi connectivity index (χ0) is 9.07. The lowest BCUT2D eigenvalue weighted by atomic mass is 10.2. The van der Waals surface area contributed by atoms with Crippen LogP contribution >= 0.6 is 0 Å². The third-order valence-corrected chi connectivity index (χ3v) is 1.84. The van der Waals surface area contributed by atoms with E-state index in [1.807, 2.05) is 0 Å². The molecule has 2 nitrogen and oxygen atoms in total. The fourth-order valence-corrected chi connectivity index (χ4v) is 1.05. The Hall–Kier alpha value is -0.0800. The van der Waals surface area contributed by atoms with E-state index in [0.717, 1.165) is 26.1 Å². The standard InChI is InChI=1S/C10H22O2/c1-2-3-4-6-9-12-10-7-5-8-11/h11H,2-10H2,1H3. The summed E-state index contributed by atoms with van der Waals surface area (Å²) in [6.45, 7) is 4.21. The first-order valence-corrected chi connectivity index (χ1v) is 5.10. The molecular formula is C10H22O2. The largest absolute Gasteiger partial charge is 0.396 e. The Labute approximate surface area is 75.9 Å². The van der Waals surface area contributed by atoms with Gasteiger partial charge in [-0.3, -0.25) is 0 Å². The first kappa shape index (κ1) is 11.9. The summed E-state index contributed by atoms with van der Waals surface area (Å²) >= 11 is 0. The zero-order valence-corrected chi connectivity index (χ0v) is 8.22. The molecule has 0 aromatic carbocycles. The molecule has 0 heterocycles. The second kappa shape index (κ2) is 10.9. The van der Waals surface area contributed by atoms with Crippen molar-refractivity contribution in [2.45, 2.75) is 45.4 Å². The van der Waals surface area contributed by atoms with Crippen molar-refractivity contribution >= 4 is 0 Å². The fraction of sp³-hybridized carbons (Fsp3) is 1.00. The first-order chi connectivity index (χ1) is 5.91. The lowest BCUT2D eigenvalue weighted by Gasteiger charge is -2.02. The van der Waals surface area contributed by atoms with E-state index < -0.39 is 0 Å². The van der Waals surface area contributed by atoms with Crippen molar-refractivity contribution in [1.82, 2.24) is 0 Å². The van der Waals surface area contributed by atoms with Crippen LogP contribution in [0.3, 0.4) is 0 Å². The van der Waals surface area contributed by atoms with Gasteiger partial charge in [-0.1, -0.05) is 26.2 Å². The lowest BCUT2D eigenvalue weighted by molar-refractivity contribution is 0.121. The minimum atomic E-state index is 0.291. The van der Waals surface area contributed by atoms with Crippen molar-refractivity contribution in [2.75, 3.05) is 19.8 Å². The molecule has 0 atom stereocenters. The number of hydrogen-bond donors (Lipinski definition) is 1. The minimum absolute atomic E-state index is 0.291. The van der Waals surface area contributed by atoms with Crippen LogP contribution in [0, 0.1) is 0 Å². The number of ether oxygens (including phenoxy) is 1. The van der Waals surface area contributed by atoms with Gasteiger partial charge < -0.3 is 9.84 Å². The van der Waals surface area contributed by atoms with E-state index in [1.54, 1.807) is 0 Å².